The highest BCUT2D eigenvalue weighted by molar-refractivity contribution is 6.00. The van der Waals surface area contributed by atoms with Crippen molar-refractivity contribution in [2.75, 3.05) is 18.8 Å². The van der Waals surface area contributed by atoms with Crippen molar-refractivity contribution in [3.05, 3.63) is 42.7 Å². The summed E-state index contributed by atoms with van der Waals surface area (Å²) in [5.74, 6) is 0.449. The molecule has 1 fully saturated rings. The lowest BCUT2D eigenvalue weighted by Crippen LogP contribution is -2.37. The highest BCUT2D eigenvalue weighted by atomic mass is 19.3. The Hall–Kier alpha value is -3.37. The number of hydrogen-bond donors (Lipinski definition) is 2. The Labute approximate surface area is 182 Å². The quantitative estimate of drug-likeness (QED) is 0.491. The van der Waals surface area contributed by atoms with Gasteiger partial charge in [0.25, 0.3) is 0 Å². The first kappa shape index (κ1) is 20.5. The van der Waals surface area contributed by atoms with Crippen LogP contribution in [0.2, 0.25) is 0 Å². The van der Waals surface area contributed by atoms with E-state index in [4.69, 9.17) is 10.8 Å². The summed E-state index contributed by atoms with van der Waals surface area (Å²) in [5.41, 5.74) is 8.31. The molecule has 4 aromatic rings. The molecule has 1 aliphatic heterocycles. The number of rotatable bonds is 5. The van der Waals surface area contributed by atoms with Crippen LogP contribution < -0.4 is 10.5 Å². The van der Waals surface area contributed by atoms with Crippen molar-refractivity contribution in [2.24, 2.45) is 0 Å². The van der Waals surface area contributed by atoms with E-state index < -0.39 is 6.61 Å². The van der Waals surface area contributed by atoms with Gasteiger partial charge in [-0.1, -0.05) is 18.2 Å². The molecule has 8 nitrogen and oxygen atoms in total. The van der Waals surface area contributed by atoms with Crippen LogP contribution in [0.4, 0.5) is 14.6 Å². The van der Waals surface area contributed by atoms with Crippen molar-refractivity contribution in [1.82, 2.24) is 24.6 Å². The molecule has 0 spiro atoms. The lowest BCUT2D eigenvalue weighted by molar-refractivity contribution is -0.0497. The van der Waals surface area contributed by atoms with Crippen LogP contribution >= 0.6 is 0 Å². The Bertz CT molecular complexity index is 1270. The first-order valence-electron chi connectivity index (χ1n) is 10.3. The van der Waals surface area contributed by atoms with Crippen molar-refractivity contribution < 1.29 is 18.6 Å². The van der Waals surface area contributed by atoms with Gasteiger partial charge in [0.15, 0.2) is 5.65 Å². The van der Waals surface area contributed by atoms with Crippen LogP contribution in [0, 0.1) is 0 Å². The van der Waals surface area contributed by atoms with Gasteiger partial charge in [-0.2, -0.15) is 13.9 Å². The molecule has 0 atom stereocenters. The summed E-state index contributed by atoms with van der Waals surface area (Å²) < 4.78 is 31.3. The molecular weight excluding hydrogens is 418 g/mol. The van der Waals surface area contributed by atoms with Crippen molar-refractivity contribution in [1.29, 1.82) is 0 Å². The monoisotopic (exact) mass is 440 g/mol. The van der Waals surface area contributed by atoms with Crippen molar-refractivity contribution in [3.8, 4) is 17.0 Å². The van der Waals surface area contributed by atoms with Gasteiger partial charge in [0.2, 0.25) is 0 Å². The third kappa shape index (κ3) is 3.94. The van der Waals surface area contributed by atoms with E-state index in [1.165, 1.54) is 12.4 Å². The van der Waals surface area contributed by atoms with Gasteiger partial charge in [0.05, 0.1) is 18.2 Å². The summed E-state index contributed by atoms with van der Waals surface area (Å²) in [6.45, 7) is -0.788. The zero-order valence-electron chi connectivity index (χ0n) is 17.2. The van der Waals surface area contributed by atoms with Crippen LogP contribution in [0.3, 0.4) is 0 Å². The van der Waals surface area contributed by atoms with Gasteiger partial charge < -0.3 is 15.6 Å². The summed E-state index contributed by atoms with van der Waals surface area (Å²) in [4.78, 5) is 10.8. The number of piperidine rings is 1. The lowest BCUT2D eigenvalue weighted by atomic mass is 10.0. The lowest BCUT2D eigenvalue weighted by Gasteiger charge is -2.29. The summed E-state index contributed by atoms with van der Waals surface area (Å²) in [6, 6.07) is 10.4. The molecular formula is C22H22F2N6O2. The fourth-order valence-electron chi connectivity index (χ4n) is 4.13. The molecule has 166 valence electrons. The highest BCUT2D eigenvalue weighted by Crippen LogP contribution is 2.33. The van der Waals surface area contributed by atoms with E-state index in [2.05, 4.69) is 19.6 Å². The van der Waals surface area contributed by atoms with Crippen molar-refractivity contribution in [3.63, 3.8) is 0 Å². The smallest absolute Gasteiger partial charge is 0.387 e. The first-order valence-corrected chi connectivity index (χ1v) is 10.3. The summed E-state index contributed by atoms with van der Waals surface area (Å²) in [5, 5.41) is 16.9. The van der Waals surface area contributed by atoms with Gasteiger partial charge >= 0.3 is 6.61 Å². The van der Waals surface area contributed by atoms with Gasteiger partial charge in [0, 0.05) is 18.7 Å². The molecule has 0 amide bonds. The number of aliphatic hydroxyl groups is 1. The van der Waals surface area contributed by atoms with E-state index in [0.29, 0.717) is 29.2 Å². The second kappa shape index (κ2) is 8.29. The summed E-state index contributed by atoms with van der Waals surface area (Å²) >= 11 is 0. The van der Waals surface area contributed by atoms with Crippen LogP contribution in [-0.4, -0.2) is 55.6 Å². The molecule has 3 N–H and O–H groups in total. The van der Waals surface area contributed by atoms with E-state index >= 15 is 0 Å². The molecule has 10 heteroatoms. The van der Waals surface area contributed by atoms with Crippen molar-refractivity contribution >= 4 is 27.6 Å². The normalized spacial score (nSPS) is 15.8. The minimum Gasteiger partial charge on any atom is -0.435 e. The zero-order chi connectivity index (χ0) is 22.2. The van der Waals surface area contributed by atoms with Crippen LogP contribution in [0.1, 0.15) is 12.8 Å². The number of hydrogen-bond acceptors (Lipinski definition) is 7. The van der Waals surface area contributed by atoms with E-state index in [0.717, 1.165) is 42.3 Å². The predicted octanol–water partition coefficient (Wildman–Crippen LogP) is 3.24. The Morgan fingerprint density at radius 3 is 2.62 bits per heavy atom. The predicted molar refractivity (Wildman–Crippen MR) is 116 cm³/mol. The van der Waals surface area contributed by atoms with Gasteiger partial charge in [0.1, 0.15) is 23.6 Å². The Morgan fingerprint density at radius 2 is 1.84 bits per heavy atom. The number of aromatic nitrogens is 4. The Kier molecular flexibility index (Phi) is 5.32. The molecule has 1 saturated heterocycles. The summed E-state index contributed by atoms with van der Waals surface area (Å²) in [6.07, 6.45) is 2.62. The minimum atomic E-state index is -2.87. The second-order valence-corrected chi connectivity index (χ2v) is 7.90. The minimum absolute atomic E-state index is 0.110. The number of benzene rings is 2. The maximum absolute atomic E-state index is 12.5. The molecule has 2 aromatic carbocycles. The largest absolute Gasteiger partial charge is 0.435 e. The molecule has 2 aromatic heterocycles. The number of halogens is 2. The zero-order valence-corrected chi connectivity index (χ0v) is 17.2. The van der Waals surface area contributed by atoms with Crippen molar-refractivity contribution in [2.45, 2.75) is 32.2 Å². The summed E-state index contributed by atoms with van der Waals surface area (Å²) in [7, 11) is 0. The van der Waals surface area contributed by atoms with Crippen LogP contribution in [0.15, 0.2) is 42.7 Å². The van der Waals surface area contributed by atoms with Crippen LogP contribution in [-0.2, 0) is 6.67 Å². The number of aliphatic hydroxyl groups excluding tert-OH is 1. The van der Waals surface area contributed by atoms with E-state index in [1.807, 2.05) is 22.9 Å². The second-order valence-electron chi connectivity index (χ2n) is 7.90. The number of nitrogens with two attached hydrogens (primary N) is 1. The fraction of sp³-hybridized carbons (Fsp3) is 0.318. The molecule has 5 rings (SSSR count). The molecule has 0 unspecified atom stereocenters. The third-order valence-electron chi connectivity index (χ3n) is 5.76. The standard InChI is InChI=1S/C22H22F2N6O2/c23-22(24)32-17-4-3-13-9-15(2-1-14(13)10-17)19-18-20(25)26-11-27-21(18)30(28-19)12-29-7-5-16(31)6-8-29/h1-4,9-11,16,22,31H,5-8,12H2,(H2,25,26,27). The first-order chi connectivity index (χ1) is 15.5. The molecule has 0 aliphatic carbocycles. The average molecular weight is 440 g/mol. The van der Waals surface area contributed by atoms with Gasteiger partial charge in [-0.25, -0.2) is 14.6 Å². The Morgan fingerprint density at radius 1 is 1.09 bits per heavy atom. The number of fused-ring (bicyclic) bond motifs is 2. The van der Waals surface area contributed by atoms with E-state index in [9.17, 15) is 13.9 Å². The molecule has 0 bridgehead atoms. The van der Waals surface area contributed by atoms with Gasteiger partial charge in [-0.05, 0) is 41.8 Å². The van der Waals surface area contributed by atoms with E-state index in [-0.39, 0.29) is 11.9 Å². The average Bonchev–Trinajstić information content (AvgIpc) is 3.14. The van der Waals surface area contributed by atoms with Gasteiger partial charge in [-0.15, -0.1) is 0 Å². The number of nitrogens with zero attached hydrogens (tertiary/aromatic N) is 5. The van der Waals surface area contributed by atoms with E-state index in [1.54, 1.807) is 12.1 Å². The molecule has 32 heavy (non-hydrogen) atoms. The fourth-order valence-corrected chi connectivity index (χ4v) is 4.13. The maximum atomic E-state index is 12.5. The topological polar surface area (TPSA) is 102 Å². The number of alkyl halides is 2. The number of anilines is 1. The number of ether oxygens (including phenoxy) is 1. The highest BCUT2D eigenvalue weighted by Gasteiger charge is 2.21. The van der Waals surface area contributed by atoms with Crippen LogP contribution in [0.5, 0.6) is 5.75 Å². The maximum Gasteiger partial charge on any atom is 0.387 e. The molecule has 0 radical (unpaired) electrons. The number of likely N-dealkylation sites (tertiary alicyclic amines) is 1. The molecule has 1 aliphatic rings. The molecule has 0 saturated carbocycles. The van der Waals surface area contributed by atoms with Gasteiger partial charge in [-0.3, -0.25) is 4.90 Å². The molecule has 3 heterocycles. The SMILES string of the molecule is Nc1ncnc2c1c(-c1ccc3cc(OC(F)F)ccc3c1)nn2CN1CCC(O)CC1. The number of nitrogen functional groups attached to an aromatic ring is 1. The Balaban J connectivity index is 1.54. The van der Waals surface area contributed by atoms with Crippen LogP contribution in [0.25, 0.3) is 33.1 Å². The third-order valence-corrected chi connectivity index (χ3v) is 5.76.